The maximum absolute atomic E-state index is 13.8. The molecule has 2 aromatic rings. The molecule has 0 unspecified atom stereocenters. The van der Waals surface area contributed by atoms with Crippen molar-refractivity contribution < 1.29 is 14.1 Å². The predicted octanol–water partition coefficient (Wildman–Crippen LogP) is 1.73. The minimum atomic E-state index is -0.565. The number of aromatic nitrogens is 2. The average molecular weight is 361 g/mol. The fourth-order valence-corrected chi connectivity index (χ4v) is 3.23. The van der Waals surface area contributed by atoms with E-state index in [1.807, 2.05) is 0 Å². The van der Waals surface area contributed by atoms with Gasteiger partial charge in [0.1, 0.15) is 11.5 Å². The number of hydrogen-bond donors (Lipinski definition) is 0. The molecule has 138 valence electrons. The third-order valence-corrected chi connectivity index (χ3v) is 4.59. The Kier molecular flexibility index (Phi) is 4.99. The summed E-state index contributed by atoms with van der Waals surface area (Å²) in [4.78, 5) is 27.1. The van der Waals surface area contributed by atoms with Crippen LogP contribution in [0.4, 0.5) is 10.1 Å². The number of carbonyl (C=O) groups excluding carboxylic acids is 1. The lowest BCUT2D eigenvalue weighted by atomic mass is 10.1. The van der Waals surface area contributed by atoms with E-state index in [4.69, 9.17) is 0 Å². The minimum absolute atomic E-state index is 0.00458. The number of hydrogen-bond acceptors (Lipinski definition) is 5. The summed E-state index contributed by atoms with van der Waals surface area (Å²) in [6, 6.07) is 6.62. The molecular weight excluding hydrogens is 341 g/mol. The molecule has 0 aliphatic carbocycles. The number of benzene rings is 1. The summed E-state index contributed by atoms with van der Waals surface area (Å²) >= 11 is 0. The van der Waals surface area contributed by atoms with E-state index in [1.165, 1.54) is 24.7 Å². The maximum Gasteiger partial charge on any atom is 0.322 e. The Labute approximate surface area is 150 Å². The van der Waals surface area contributed by atoms with E-state index < -0.39 is 10.8 Å². The number of amides is 1. The first kappa shape index (κ1) is 18.0. The molecular formula is C17H20FN5O3. The molecule has 0 radical (unpaired) electrons. The van der Waals surface area contributed by atoms with E-state index in [-0.39, 0.29) is 22.9 Å². The Bertz CT molecular complexity index is 843. The zero-order valence-electron chi connectivity index (χ0n) is 14.7. The summed E-state index contributed by atoms with van der Waals surface area (Å²) in [6.07, 6.45) is 0. The van der Waals surface area contributed by atoms with Gasteiger partial charge < -0.3 is 4.90 Å². The smallest absolute Gasteiger partial charge is 0.322 e. The first-order chi connectivity index (χ1) is 12.4. The average Bonchev–Trinajstić information content (AvgIpc) is 2.91. The second-order valence-electron chi connectivity index (χ2n) is 6.32. The molecule has 1 aromatic carbocycles. The number of nitrogens with zero attached hydrogens (tertiary/aromatic N) is 5. The largest absolute Gasteiger partial charge is 0.335 e. The standard InChI is InChI=1S/C17H20FN5O3/c1-12-15(23(25)26)16(20(2)19-12)17(24)22-9-7-21(8-10-22)11-13-5-3-4-6-14(13)18/h3-6H,7-11H2,1-2H3. The highest BCUT2D eigenvalue weighted by atomic mass is 19.1. The molecule has 9 heteroatoms. The summed E-state index contributed by atoms with van der Waals surface area (Å²) in [6.45, 7) is 3.99. The summed E-state index contributed by atoms with van der Waals surface area (Å²) < 4.78 is 15.0. The van der Waals surface area contributed by atoms with Gasteiger partial charge in [0.2, 0.25) is 5.69 Å². The Balaban J connectivity index is 1.68. The van der Waals surface area contributed by atoms with Crippen LogP contribution in [0.5, 0.6) is 0 Å². The molecule has 26 heavy (non-hydrogen) atoms. The second-order valence-corrected chi connectivity index (χ2v) is 6.32. The molecule has 3 rings (SSSR count). The van der Waals surface area contributed by atoms with Gasteiger partial charge in [-0.05, 0) is 13.0 Å². The molecule has 1 fully saturated rings. The van der Waals surface area contributed by atoms with E-state index in [0.717, 1.165) is 0 Å². The number of carbonyl (C=O) groups is 1. The number of nitro groups is 1. The van der Waals surface area contributed by atoms with E-state index >= 15 is 0 Å². The zero-order chi connectivity index (χ0) is 18.8. The maximum atomic E-state index is 13.8. The number of piperazine rings is 1. The lowest BCUT2D eigenvalue weighted by molar-refractivity contribution is -0.385. The summed E-state index contributed by atoms with van der Waals surface area (Å²) in [5.41, 5.74) is 0.588. The normalized spacial score (nSPS) is 15.3. The summed E-state index contributed by atoms with van der Waals surface area (Å²) in [5.74, 6) is -0.641. The first-order valence-corrected chi connectivity index (χ1v) is 8.31. The van der Waals surface area contributed by atoms with Gasteiger partial charge in [0, 0.05) is 45.3 Å². The zero-order valence-corrected chi connectivity index (χ0v) is 14.7. The molecule has 1 saturated heterocycles. The first-order valence-electron chi connectivity index (χ1n) is 8.31. The predicted molar refractivity (Wildman–Crippen MR) is 92.2 cm³/mol. The van der Waals surface area contributed by atoms with Crippen molar-refractivity contribution in [1.29, 1.82) is 0 Å². The number of halogens is 1. The third kappa shape index (κ3) is 3.43. The number of aryl methyl sites for hydroxylation is 2. The van der Waals surface area contributed by atoms with E-state index in [9.17, 15) is 19.3 Å². The van der Waals surface area contributed by atoms with Crippen LogP contribution in [0.3, 0.4) is 0 Å². The highest BCUT2D eigenvalue weighted by Crippen LogP contribution is 2.24. The molecule has 1 aliphatic heterocycles. The minimum Gasteiger partial charge on any atom is -0.335 e. The molecule has 2 heterocycles. The number of rotatable bonds is 4. The van der Waals surface area contributed by atoms with Gasteiger partial charge in [0.25, 0.3) is 5.91 Å². The van der Waals surface area contributed by atoms with Crippen molar-refractivity contribution in [3.8, 4) is 0 Å². The molecule has 1 amide bonds. The fraction of sp³-hybridized carbons (Fsp3) is 0.412. The molecule has 8 nitrogen and oxygen atoms in total. The van der Waals surface area contributed by atoms with Crippen molar-refractivity contribution in [2.75, 3.05) is 26.2 Å². The van der Waals surface area contributed by atoms with Crippen LogP contribution in [0, 0.1) is 22.9 Å². The van der Waals surface area contributed by atoms with Gasteiger partial charge in [-0.3, -0.25) is 24.5 Å². The molecule has 0 atom stereocenters. The van der Waals surface area contributed by atoms with Crippen molar-refractivity contribution in [2.45, 2.75) is 13.5 Å². The second kappa shape index (κ2) is 7.20. The Morgan fingerprint density at radius 2 is 1.92 bits per heavy atom. The van der Waals surface area contributed by atoms with Crippen molar-refractivity contribution in [1.82, 2.24) is 19.6 Å². The summed E-state index contributed by atoms with van der Waals surface area (Å²) in [5, 5.41) is 15.3. The summed E-state index contributed by atoms with van der Waals surface area (Å²) in [7, 11) is 1.53. The van der Waals surface area contributed by atoms with Gasteiger partial charge in [0.15, 0.2) is 0 Å². The molecule has 0 saturated carbocycles. The van der Waals surface area contributed by atoms with E-state index in [0.29, 0.717) is 38.3 Å². The Morgan fingerprint density at radius 1 is 1.27 bits per heavy atom. The highest BCUT2D eigenvalue weighted by Gasteiger charge is 2.33. The van der Waals surface area contributed by atoms with Crippen LogP contribution in [-0.2, 0) is 13.6 Å². The fourth-order valence-electron chi connectivity index (χ4n) is 3.23. The molecule has 1 aliphatic rings. The van der Waals surface area contributed by atoms with Crippen LogP contribution in [0.25, 0.3) is 0 Å². The van der Waals surface area contributed by atoms with Crippen LogP contribution < -0.4 is 0 Å². The van der Waals surface area contributed by atoms with Gasteiger partial charge in [0.05, 0.1) is 4.92 Å². The monoisotopic (exact) mass is 361 g/mol. The lowest BCUT2D eigenvalue weighted by Crippen LogP contribution is -2.48. The Morgan fingerprint density at radius 3 is 2.54 bits per heavy atom. The van der Waals surface area contributed by atoms with Crippen molar-refractivity contribution in [2.24, 2.45) is 7.05 Å². The van der Waals surface area contributed by atoms with Crippen LogP contribution >= 0.6 is 0 Å². The quantitative estimate of drug-likeness (QED) is 0.612. The molecule has 0 spiro atoms. The van der Waals surface area contributed by atoms with Crippen LogP contribution in [0.2, 0.25) is 0 Å². The third-order valence-electron chi connectivity index (χ3n) is 4.59. The molecule has 1 aromatic heterocycles. The van der Waals surface area contributed by atoms with E-state index in [1.54, 1.807) is 23.1 Å². The van der Waals surface area contributed by atoms with Gasteiger partial charge in [-0.2, -0.15) is 5.10 Å². The van der Waals surface area contributed by atoms with Gasteiger partial charge >= 0.3 is 5.69 Å². The van der Waals surface area contributed by atoms with E-state index in [2.05, 4.69) is 10.00 Å². The SMILES string of the molecule is Cc1nn(C)c(C(=O)N2CCN(Cc3ccccc3F)CC2)c1[N+](=O)[O-]. The van der Waals surface area contributed by atoms with Crippen molar-refractivity contribution >= 4 is 11.6 Å². The molecule has 0 N–H and O–H groups in total. The van der Waals surface area contributed by atoms with Gasteiger partial charge in [-0.25, -0.2) is 4.39 Å². The van der Waals surface area contributed by atoms with Crippen LogP contribution in [-0.4, -0.2) is 56.6 Å². The van der Waals surface area contributed by atoms with Crippen LogP contribution in [0.1, 0.15) is 21.7 Å². The molecule has 0 bridgehead atoms. The van der Waals surface area contributed by atoms with Crippen LogP contribution in [0.15, 0.2) is 24.3 Å². The van der Waals surface area contributed by atoms with Gasteiger partial charge in [-0.1, -0.05) is 18.2 Å². The highest BCUT2D eigenvalue weighted by molar-refractivity contribution is 5.97. The van der Waals surface area contributed by atoms with Gasteiger partial charge in [-0.15, -0.1) is 0 Å². The van der Waals surface area contributed by atoms with Crippen molar-refractivity contribution in [3.63, 3.8) is 0 Å². The lowest BCUT2D eigenvalue weighted by Gasteiger charge is -2.34. The van der Waals surface area contributed by atoms with Crippen molar-refractivity contribution in [3.05, 3.63) is 57.1 Å². The Hall–Kier alpha value is -2.81. The topological polar surface area (TPSA) is 84.5 Å².